The van der Waals surface area contributed by atoms with E-state index in [4.69, 9.17) is 9.47 Å². The lowest BCUT2D eigenvalue weighted by molar-refractivity contribution is -0.123. The summed E-state index contributed by atoms with van der Waals surface area (Å²) in [6.07, 6.45) is 1.78. The molecule has 0 unspecified atom stereocenters. The van der Waals surface area contributed by atoms with Gasteiger partial charge >= 0.3 is 0 Å². The highest BCUT2D eigenvalue weighted by Gasteiger charge is 2.26. The number of sulfonamides is 1. The zero-order valence-electron chi connectivity index (χ0n) is 15.8. The van der Waals surface area contributed by atoms with Crippen LogP contribution >= 0.6 is 0 Å². The molecule has 1 aliphatic heterocycles. The highest BCUT2D eigenvalue weighted by Crippen LogP contribution is 2.22. The van der Waals surface area contributed by atoms with Crippen molar-refractivity contribution in [2.24, 2.45) is 0 Å². The van der Waals surface area contributed by atoms with Gasteiger partial charge in [0.05, 0.1) is 11.4 Å². The Bertz CT molecular complexity index is 911. The van der Waals surface area contributed by atoms with Crippen LogP contribution in [0, 0.1) is 5.82 Å². The van der Waals surface area contributed by atoms with Gasteiger partial charge < -0.3 is 14.8 Å². The van der Waals surface area contributed by atoms with Gasteiger partial charge in [0.15, 0.2) is 6.61 Å². The van der Waals surface area contributed by atoms with Crippen LogP contribution in [-0.2, 0) is 14.8 Å². The molecule has 1 heterocycles. The lowest BCUT2D eigenvalue weighted by atomic mass is 10.3. The van der Waals surface area contributed by atoms with Gasteiger partial charge in [-0.1, -0.05) is 0 Å². The predicted molar refractivity (Wildman–Crippen MR) is 105 cm³/mol. The predicted octanol–water partition coefficient (Wildman–Crippen LogP) is 2.18. The SMILES string of the molecule is O=C(COc1ccc(F)cc1)NCCOc1ccc(S(=O)(=O)N2CCCC2)cc1. The van der Waals surface area contributed by atoms with E-state index in [1.54, 1.807) is 12.1 Å². The molecule has 0 radical (unpaired) electrons. The lowest BCUT2D eigenvalue weighted by Crippen LogP contribution is -2.32. The van der Waals surface area contributed by atoms with Crippen molar-refractivity contribution in [1.29, 1.82) is 0 Å². The van der Waals surface area contributed by atoms with Crippen LogP contribution in [-0.4, -0.2) is 51.5 Å². The maximum Gasteiger partial charge on any atom is 0.258 e. The lowest BCUT2D eigenvalue weighted by Gasteiger charge is -2.15. The van der Waals surface area contributed by atoms with Gasteiger partial charge in [0.1, 0.15) is 23.9 Å². The Kier molecular flexibility index (Phi) is 7.05. The molecule has 156 valence electrons. The third-order valence-electron chi connectivity index (χ3n) is 4.40. The van der Waals surface area contributed by atoms with Crippen LogP contribution in [0.5, 0.6) is 11.5 Å². The molecule has 1 fully saturated rings. The van der Waals surface area contributed by atoms with Crippen LogP contribution in [0.15, 0.2) is 53.4 Å². The first-order valence-electron chi connectivity index (χ1n) is 9.33. The zero-order valence-corrected chi connectivity index (χ0v) is 16.7. The van der Waals surface area contributed by atoms with E-state index in [-0.39, 0.29) is 36.4 Å². The van der Waals surface area contributed by atoms with Gasteiger partial charge in [0.2, 0.25) is 10.0 Å². The fourth-order valence-corrected chi connectivity index (χ4v) is 4.39. The number of carbonyl (C=O) groups is 1. The third kappa shape index (κ3) is 5.91. The smallest absolute Gasteiger partial charge is 0.258 e. The molecule has 0 bridgehead atoms. The molecule has 0 aliphatic carbocycles. The largest absolute Gasteiger partial charge is 0.492 e. The van der Waals surface area contributed by atoms with Crippen LogP contribution in [0.25, 0.3) is 0 Å². The van der Waals surface area contributed by atoms with E-state index >= 15 is 0 Å². The van der Waals surface area contributed by atoms with Crippen LogP contribution in [0.2, 0.25) is 0 Å². The van der Waals surface area contributed by atoms with Crippen LogP contribution in [0.1, 0.15) is 12.8 Å². The molecule has 29 heavy (non-hydrogen) atoms. The van der Waals surface area contributed by atoms with Crippen LogP contribution in [0.3, 0.4) is 0 Å². The number of nitrogens with zero attached hydrogens (tertiary/aromatic N) is 1. The first-order valence-corrected chi connectivity index (χ1v) is 10.8. The topological polar surface area (TPSA) is 84.9 Å². The number of benzene rings is 2. The Balaban J connectivity index is 1.38. The van der Waals surface area contributed by atoms with Crippen molar-refractivity contribution in [2.45, 2.75) is 17.7 Å². The Morgan fingerprint density at radius 3 is 2.21 bits per heavy atom. The number of amides is 1. The van der Waals surface area contributed by atoms with Gasteiger partial charge in [-0.05, 0) is 61.4 Å². The van der Waals surface area contributed by atoms with Gasteiger partial charge in [-0.25, -0.2) is 12.8 Å². The fraction of sp³-hybridized carbons (Fsp3) is 0.350. The van der Waals surface area contributed by atoms with Gasteiger partial charge in [-0.15, -0.1) is 0 Å². The molecule has 1 saturated heterocycles. The molecule has 9 heteroatoms. The normalized spacial score (nSPS) is 14.5. The highest BCUT2D eigenvalue weighted by molar-refractivity contribution is 7.89. The van der Waals surface area contributed by atoms with Crippen LogP contribution < -0.4 is 14.8 Å². The van der Waals surface area contributed by atoms with E-state index in [9.17, 15) is 17.6 Å². The summed E-state index contributed by atoms with van der Waals surface area (Å²) in [6.45, 7) is 1.42. The van der Waals surface area contributed by atoms with E-state index in [0.29, 0.717) is 24.6 Å². The van der Waals surface area contributed by atoms with Crippen molar-refractivity contribution < 1.29 is 27.1 Å². The van der Waals surface area contributed by atoms with E-state index in [0.717, 1.165) is 12.8 Å². The summed E-state index contributed by atoms with van der Waals surface area (Å²) in [5.74, 6) is 0.217. The monoisotopic (exact) mass is 422 g/mol. The molecule has 1 aliphatic rings. The van der Waals surface area contributed by atoms with Crippen molar-refractivity contribution in [1.82, 2.24) is 9.62 Å². The van der Waals surface area contributed by atoms with E-state index in [1.165, 1.54) is 40.7 Å². The van der Waals surface area contributed by atoms with Crippen molar-refractivity contribution >= 4 is 15.9 Å². The van der Waals surface area contributed by atoms with Crippen LogP contribution in [0.4, 0.5) is 4.39 Å². The first-order chi connectivity index (χ1) is 13.9. The van der Waals surface area contributed by atoms with Crippen molar-refractivity contribution in [3.8, 4) is 11.5 Å². The standard InChI is InChI=1S/C20H23FN2O5S/c21-16-3-5-18(6-4-16)28-15-20(24)22-11-14-27-17-7-9-19(10-8-17)29(25,26)23-12-1-2-13-23/h3-10H,1-2,11-15H2,(H,22,24). The van der Waals surface area contributed by atoms with E-state index < -0.39 is 10.0 Å². The molecular formula is C20H23FN2O5S. The van der Waals surface area contributed by atoms with Gasteiger partial charge in [0, 0.05) is 13.1 Å². The van der Waals surface area contributed by atoms with Gasteiger partial charge in [-0.3, -0.25) is 4.79 Å². The number of rotatable bonds is 9. The Hall–Kier alpha value is -2.65. The Morgan fingerprint density at radius 1 is 0.966 bits per heavy atom. The second kappa shape index (κ2) is 9.71. The summed E-state index contributed by atoms with van der Waals surface area (Å²) >= 11 is 0. The number of carbonyl (C=O) groups excluding carboxylic acids is 1. The highest BCUT2D eigenvalue weighted by atomic mass is 32.2. The molecule has 0 aromatic heterocycles. The summed E-state index contributed by atoms with van der Waals surface area (Å²) in [5.41, 5.74) is 0. The number of hydrogen-bond donors (Lipinski definition) is 1. The molecule has 1 amide bonds. The third-order valence-corrected chi connectivity index (χ3v) is 6.32. The van der Waals surface area contributed by atoms with Gasteiger partial charge in [0.25, 0.3) is 5.91 Å². The summed E-state index contributed by atoms with van der Waals surface area (Å²) < 4.78 is 50.0. The quantitative estimate of drug-likeness (QED) is 0.626. The zero-order chi connectivity index (χ0) is 20.7. The second-order valence-electron chi connectivity index (χ2n) is 6.52. The first kappa shape index (κ1) is 21.1. The molecule has 0 saturated carbocycles. The summed E-state index contributed by atoms with van der Waals surface area (Å²) in [4.78, 5) is 12.0. The van der Waals surface area contributed by atoms with Crippen molar-refractivity contribution in [3.63, 3.8) is 0 Å². The number of halogens is 1. The minimum atomic E-state index is -3.44. The van der Waals surface area contributed by atoms with E-state index in [1.807, 2.05) is 0 Å². The maximum atomic E-state index is 12.8. The van der Waals surface area contributed by atoms with Crippen molar-refractivity contribution in [3.05, 3.63) is 54.3 Å². The average molecular weight is 422 g/mol. The molecule has 1 N–H and O–H groups in total. The minimum absolute atomic E-state index is 0.186. The van der Waals surface area contributed by atoms with Gasteiger partial charge in [-0.2, -0.15) is 4.31 Å². The Labute approximate surface area is 169 Å². The fourth-order valence-electron chi connectivity index (χ4n) is 2.88. The minimum Gasteiger partial charge on any atom is -0.492 e. The molecular weight excluding hydrogens is 399 g/mol. The molecule has 7 nitrogen and oxygen atoms in total. The molecule has 2 aromatic rings. The average Bonchev–Trinajstić information content (AvgIpc) is 3.27. The number of hydrogen-bond acceptors (Lipinski definition) is 5. The number of ether oxygens (including phenoxy) is 2. The number of nitrogens with one attached hydrogen (secondary N) is 1. The molecule has 2 aromatic carbocycles. The Morgan fingerprint density at radius 2 is 1.55 bits per heavy atom. The molecule has 0 atom stereocenters. The summed E-state index contributed by atoms with van der Waals surface area (Å²) in [5, 5.41) is 2.64. The second-order valence-corrected chi connectivity index (χ2v) is 8.46. The molecule has 0 spiro atoms. The van der Waals surface area contributed by atoms with Crippen molar-refractivity contribution in [2.75, 3.05) is 32.8 Å². The summed E-state index contributed by atoms with van der Waals surface area (Å²) in [6, 6.07) is 11.6. The summed E-state index contributed by atoms with van der Waals surface area (Å²) in [7, 11) is -3.44. The maximum absolute atomic E-state index is 12.8. The van der Waals surface area contributed by atoms with E-state index in [2.05, 4.69) is 5.32 Å². The molecule has 3 rings (SSSR count).